The number of piperazine rings is 1. The lowest BCUT2D eigenvalue weighted by atomic mass is 10.2. The van der Waals surface area contributed by atoms with Gasteiger partial charge in [0.1, 0.15) is 12.4 Å². The number of anilines is 2. The fourth-order valence-electron chi connectivity index (χ4n) is 3.40. The number of benzene rings is 2. The molecule has 31 heavy (non-hydrogen) atoms. The molecule has 0 N–H and O–H groups in total. The van der Waals surface area contributed by atoms with Crippen molar-refractivity contribution in [2.24, 2.45) is 0 Å². The number of halogens is 1. The summed E-state index contributed by atoms with van der Waals surface area (Å²) in [5.41, 5.74) is 0.893. The van der Waals surface area contributed by atoms with E-state index in [1.807, 2.05) is 0 Å². The number of rotatable bonds is 6. The molecule has 1 aliphatic heterocycles. The molecule has 1 saturated heterocycles. The van der Waals surface area contributed by atoms with Crippen molar-refractivity contribution in [2.75, 3.05) is 41.9 Å². The summed E-state index contributed by atoms with van der Waals surface area (Å²) in [5, 5.41) is 1.93. The van der Waals surface area contributed by atoms with Crippen LogP contribution < -0.4 is 9.21 Å². The van der Waals surface area contributed by atoms with Gasteiger partial charge in [0, 0.05) is 43.4 Å². The number of aromatic nitrogens is 1. The molecule has 7 nitrogen and oxygen atoms in total. The number of hydrogen-bond donors (Lipinski definition) is 0. The second-order valence-corrected chi connectivity index (χ2v) is 9.72. The van der Waals surface area contributed by atoms with Gasteiger partial charge in [0.05, 0.1) is 4.90 Å². The molecule has 2 heterocycles. The lowest BCUT2D eigenvalue weighted by Gasteiger charge is -2.36. The lowest BCUT2D eigenvalue weighted by molar-refractivity contribution is -0.129. The van der Waals surface area contributed by atoms with Crippen molar-refractivity contribution < 1.29 is 17.6 Å². The Morgan fingerprint density at radius 3 is 2.32 bits per heavy atom. The van der Waals surface area contributed by atoms with E-state index in [4.69, 9.17) is 0 Å². The Balaban J connectivity index is 1.47. The zero-order valence-electron chi connectivity index (χ0n) is 16.6. The molecule has 3 aromatic rings. The number of sulfonamides is 1. The smallest absolute Gasteiger partial charge is 0.266 e. The van der Waals surface area contributed by atoms with Crippen LogP contribution in [0.5, 0.6) is 0 Å². The van der Waals surface area contributed by atoms with Crippen LogP contribution in [0.15, 0.2) is 71.1 Å². The van der Waals surface area contributed by atoms with Crippen LogP contribution in [0.25, 0.3) is 0 Å². The van der Waals surface area contributed by atoms with Crippen LogP contribution in [0, 0.1) is 5.82 Å². The van der Waals surface area contributed by atoms with Crippen molar-refractivity contribution in [1.29, 1.82) is 0 Å². The van der Waals surface area contributed by atoms with Gasteiger partial charge in [-0.2, -0.15) is 0 Å². The Hall–Kier alpha value is -2.98. The van der Waals surface area contributed by atoms with Crippen LogP contribution in [0.1, 0.15) is 0 Å². The topological polar surface area (TPSA) is 73.8 Å². The monoisotopic (exact) mass is 460 g/mol. The second kappa shape index (κ2) is 9.03. The fourth-order valence-corrected chi connectivity index (χ4v) is 5.66. The largest absolute Gasteiger partial charge is 0.368 e. The molecule has 0 aliphatic carbocycles. The Labute approximate surface area is 184 Å². The fraction of sp³-hybridized carbons (Fsp3) is 0.238. The van der Waals surface area contributed by atoms with Crippen molar-refractivity contribution in [2.45, 2.75) is 4.90 Å². The molecule has 0 bridgehead atoms. The van der Waals surface area contributed by atoms with Crippen LogP contribution in [-0.4, -0.2) is 56.9 Å². The van der Waals surface area contributed by atoms with Gasteiger partial charge in [-0.25, -0.2) is 22.1 Å². The maximum Gasteiger partial charge on any atom is 0.266 e. The molecule has 0 radical (unpaired) electrons. The van der Waals surface area contributed by atoms with Crippen LogP contribution in [-0.2, 0) is 14.8 Å². The SMILES string of the molecule is O=C(CN(c1nccs1)S(=O)(=O)c1ccccc1)N1CCN(c2ccc(F)cc2)CC1. The van der Waals surface area contributed by atoms with Crippen LogP contribution in [0.3, 0.4) is 0 Å². The van der Waals surface area contributed by atoms with Crippen molar-refractivity contribution in [3.63, 3.8) is 0 Å². The molecule has 10 heteroatoms. The van der Waals surface area contributed by atoms with Crippen LogP contribution >= 0.6 is 11.3 Å². The highest BCUT2D eigenvalue weighted by molar-refractivity contribution is 7.93. The quantitative estimate of drug-likeness (QED) is 0.566. The van der Waals surface area contributed by atoms with E-state index in [0.717, 1.165) is 9.99 Å². The van der Waals surface area contributed by atoms with Crippen molar-refractivity contribution in [3.8, 4) is 0 Å². The van der Waals surface area contributed by atoms with Crippen LogP contribution in [0.4, 0.5) is 15.2 Å². The first kappa shape index (κ1) is 21.3. The van der Waals surface area contributed by atoms with Crippen molar-refractivity contribution in [1.82, 2.24) is 9.88 Å². The Morgan fingerprint density at radius 2 is 1.71 bits per heavy atom. The summed E-state index contributed by atoms with van der Waals surface area (Å²) >= 11 is 1.17. The van der Waals surface area contributed by atoms with E-state index in [9.17, 15) is 17.6 Å². The Morgan fingerprint density at radius 1 is 1.03 bits per heavy atom. The van der Waals surface area contributed by atoms with E-state index in [0.29, 0.717) is 26.2 Å². The third-order valence-corrected chi connectivity index (χ3v) is 7.73. The summed E-state index contributed by atoms with van der Waals surface area (Å²) in [4.78, 5) is 21.0. The normalized spacial score (nSPS) is 14.5. The number of carbonyl (C=O) groups excluding carboxylic acids is 1. The maximum atomic E-state index is 13.2. The van der Waals surface area contributed by atoms with E-state index >= 15 is 0 Å². The van der Waals surface area contributed by atoms with E-state index in [2.05, 4.69) is 9.88 Å². The highest BCUT2D eigenvalue weighted by atomic mass is 32.2. The first-order chi connectivity index (χ1) is 14.9. The first-order valence-corrected chi connectivity index (χ1v) is 12.0. The number of hydrogen-bond acceptors (Lipinski definition) is 6. The average Bonchev–Trinajstić information content (AvgIpc) is 3.33. The summed E-state index contributed by atoms with van der Waals surface area (Å²) in [7, 11) is -3.93. The molecule has 1 fully saturated rings. The van der Waals surface area contributed by atoms with E-state index < -0.39 is 10.0 Å². The third-order valence-electron chi connectivity index (χ3n) is 5.07. The Bertz CT molecular complexity index is 1120. The van der Waals surface area contributed by atoms with Crippen molar-refractivity contribution in [3.05, 3.63) is 72.0 Å². The molecule has 0 atom stereocenters. The zero-order valence-corrected chi connectivity index (χ0v) is 18.2. The van der Waals surface area contributed by atoms with Gasteiger partial charge in [-0.3, -0.25) is 4.79 Å². The summed E-state index contributed by atoms with van der Waals surface area (Å²) in [5.74, 6) is -0.576. The predicted octanol–water partition coefficient (Wildman–Crippen LogP) is 2.83. The molecule has 0 spiro atoms. The third kappa shape index (κ3) is 4.70. The molecule has 1 amide bonds. The van der Waals surface area contributed by atoms with Gasteiger partial charge in [-0.15, -0.1) is 11.3 Å². The minimum Gasteiger partial charge on any atom is -0.368 e. The zero-order chi connectivity index (χ0) is 21.8. The molecule has 162 valence electrons. The minimum absolute atomic E-state index is 0.110. The molecule has 0 unspecified atom stereocenters. The van der Waals surface area contributed by atoms with Gasteiger partial charge < -0.3 is 9.80 Å². The highest BCUT2D eigenvalue weighted by Gasteiger charge is 2.31. The standard InChI is InChI=1S/C21H21FN4O3S2/c22-17-6-8-18(9-7-17)24-11-13-25(14-12-24)20(27)16-26(21-23-10-15-30-21)31(28,29)19-4-2-1-3-5-19/h1-10,15H,11-14,16H2. The van der Waals surface area contributed by atoms with Gasteiger partial charge >= 0.3 is 0 Å². The molecular formula is C21H21FN4O3S2. The molecule has 0 saturated carbocycles. The minimum atomic E-state index is -3.93. The van der Waals surface area contributed by atoms with Gasteiger partial charge in [-0.1, -0.05) is 18.2 Å². The second-order valence-electron chi connectivity index (χ2n) is 6.98. The van der Waals surface area contributed by atoms with E-state index in [-0.39, 0.29) is 28.3 Å². The number of amides is 1. The number of carbonyl (C=O) groups is 1. The lowest BCUT2D eigenvalue weighted by Crippen LogP contribution is -2.52. The number of nitrogens with zero attached hydrogens (tertiary/aromatic N) is 4. The summed E-state index contributed by atoms with van der Waals surface area (Å²) in [6.07, 6.45) is 1.51. The molecule has 4 rings (SSSR count). The molecular weight excluding hydrogens is 439 g/mol. The number of thiazole rings is 1. The summed E-state index contributed by atoms with van der Waals surface area (Å²) in [6, 6.07) is 14.3. The van der Waals surface area contributed by atoms with Gasteiger partial charge in [-0.05, 0) is 36.4 Å². The maximum absolute atomic E-state index is 13.2. The van der Waals surface area contributed by atoms with Gasteiger partial charge in [0.2, 0.25) is 5.91 Å². The van der Waals surface area contributed by atoms with E-state index in [1.165, 1.54) is 41.8 Å². The summed E-state index contributed by atoms with van der Waals surface area (Å²) < 4.78 is 40.6. The molecule has 1 aliphatic rings. The Kier molecular flexibility index (Phi) is 6.19. The molecule has 2 aromatic carbocycles. The predicted molar refractivity (Wildman–Crippen MR) is 118 cm³/mol. The molecule has 1 aromatic heterocycles. The van der Waals surface area contributed by atoms with Gasteiger partial charge in [0.15, 0.2) is 5.13 Å². The summed E-state index contributed by atoms with van der Waals surface area (Å²) in [6.45, 7) is 1.75. The highest BCUT2D eigenvalue weighted by Crippen LogP contribution is 2.26. The first-order valence-electron chi connectivity index (χ1n) is 9.71. The van der Waals surface area contributed by atoms with E-state index in [1.54, 1.807) is 40.6 Å². The van der Waals surface area contributed by atoms with Crippen LogP contribution in [0.2, 0.25) is 0 Å². The van der Waals surface area contributed by atoms with Crippen molar-refractivity contribution >= 4 is 38.1 Å². The van der Waals surface area contributed by atoms with Gasteiger partial charge in [0.25, 0.3) is 10.0 Å². The average molecular weight is 461 g/mol.